The molecule has 0 aliphatic carbocycles. The highest BCUT2D eigenvalue weighted by molar-refractivity contribution is 7.09. The molecule has 0 saturated heterocycles. The van der Waals surface area contributed by atoms with Gasteiger partial charge in [0.15, 0.2) is 5.96 Å². The van der Waals surface area contributed by atoms with Crippen LogP contribution in [0.2, 0.25) is 0 Å². The summed E-state index contributed by atoms with van der Waals surface area (Å²) >= 11 is 1.75. The van der Waals surface area contributed by atoms with Gasteiger partial charge in [0, 0.05) is 37.4 Å². The Morgan fingerprint density at radius 3 is 2.95 bits per heavy atom. The van der Waals surface area contributed by atoms with Gasteiger partial charge in [-0.15, -0.1) is 11.3 Å². The summed E-state index contributed by atoms with van der Waals surface area (Å²) in [6, 6.07) is 4.19. The van der Waals surface area contributed by atoms with E-state index in [1.165, 1.54) is 4.88 Å². The molecule has 6 heteroatoms. The van der Waals surface area contributed by atoms with E-state index < -0.39 is 0 Å². The van der Waals surface area contributed by atoms with Crippen molar-refractivity contribution in [3.05, 3.63) is 40.6 Å². The Morgan fingerprint density at radius 1 is 1.38 bits per heavy atom. The van der Waals surface area contributed by atoms with Gasteiger partial charge >= 0.3 is 0 Å². The Kier molecular flexibility index (Phi) is 6.27. The highest BCUT2D eigenvalue weighted by Crippen LogP contribution is 2.07. The first-order valence-electron chi connectivity index (χ1n) is 7.24. The SMILES string of the molecule is CN=C(NCCCCn1ccnc1C)NCc1cccs1. The van der Waals surface area contributed by atoms with Gasteiger partial charge in [-0.1, -0.05) is 6.07 Å². The Balaban J connectivity index is 1.59. The van der Waals surface area contributed by atoms with Crippen LogP contribution in [0.25, 0.3) is 0 Å². The van der Waals surface area contributed by atoms with Crippen molar-refractivity contribution < 1.29 is 0 Å². The molecule has 5 nitrogen and oxygen atoms in total. The van der Waals surface area contributed by atoms with Crippen LogP contribution in [0.1, 0.15) is 23.5 Å². The Labute approximate surface area is 130 Å². The van der Waals surface area contributed by atoms with E-state index in [1.54, 1.807) is 18.4 Å². The maximum atomic E-state index is 4.23. The fourth-order valence-electron chi connectivity index (χ4n) is 2.06. The predicted molar refractivity (Wildman–Crippen MR) is 88.7 cm³/mol. The van der Waals surface area contributed by atoms with Crippen molar-refractivity contribution in [1.29, 1.82) is 0 Å². The first-order valence-corrected chi connectivity index (χ1v) is 8.12. The van der Waals surface area contributed by atoms with E-state index in [9.17, 15) is 0 Å². The molecular formula is C15H23N5S. The van der Waals surface area contributed by atoms with E-state index in [4.69, 9.17) is 0 Å². The van der Waals surface area contributed by atoms with E-state index >= 15 is 0 Å². The number of aryl methyl sites for hydroxylation is 2. The van der Waals surface area contributed by atoms with E-state index in [2.05, 4.69) is 42.7 Å². The third-order valence-corrected chi connectivity index (χ3v) is 4.15. The van der Waals surface area contributed by atoms with Crippen LogP contribution >= 0.6 is 11.3 Å². The van der Waals surface area contributed by atoms with Gasteiger partial charge < -0.3 is 15.2 Å². The fraction of sp³-hybridized carbons (Fsp3) is 0.467. The average molecular weight is 305 g/mol. The summed E-state index contributed by atoms with van der Waals surface area (Å²) in [6.45, 7) is 4.81. The van der Waals surface area contributed by atoms with Crippen LogP contribution in [0.4, 0.5) is 0 Å². The largest absolute Gasteiger partial charge is 0.356 e. The summed E-state index contributed by atoms with van der Waals surface area (Å²) in [5, 5.41) is 8.75. The minimum atomic E-state index is 0.825. The van der Waals surface area contributed by atoms with Crippen LogP contribution < -0.4 is 10.6 Å². The van der Waals surface area contributed by atoms with Crippen LogP contribution in [-0.4, -0.2) is 29.1 Å². The van der Waals surface area contributed by atoms with Crippen molar-refractivity contribution in [2.45, 2.75) is 32.9 Å². The van der Waals surface area contributed by atoms with Gasteiger partial charge in [-0.2, -0.15) is 0 Å². The molecule has 114 valence electrons. The monoisotopic (exact) mass is 305 g/mol. The highest BCUT2D eigenvalue weighted by atomic mass is 32.1. The number of nitrogens with one attached hydrogen (secondary N) is 2. The minimum Gasteiger partial charge on any atom is -0.356 e. The number of rotatable bonds is 7. The molecule has 0 aliphatic heterocycles. The minimum absolute atomic E-state index is 0.825. The lowest BCUT2D eigenvalue weighted by Crippen LogP contribution is -2.37. The maximum absolute atomic E-state index is 4.23. The second-order valence-corrected chi connectivity index (χ2v) is 5.84. The smallest absolute Gasteiger partial charge is 0.191 e. The molecule has 21 heavy (non-hydrogen) atoms. The Hall–Kier alpha value is -1.82. The van der Waals surface area contributed by atoms with Crippen molar-refractivity contribution >= 4 is 17.3 Å². The molecule has 2 heterocycles. The standard InChI is InChI=1S/C15H23N5S/c1-13-17-8-10-20(13)9-4-3-7-18-15(16-2)19-12-14-6-5-11-21-14/h5-6,8,10-11H,3-4,7,9,12H2,1-2H3,(H2,16,18,19). The van der Waals surface area contributed by atoms with Crippen LogP contribution in [0.15, 0.2) is 34.9 Å². The number of unbranched alkanes of at least 4 members (excludes halogenated alkanes) is 1. The van der Waals surface area contributed by atoms with E-state index in [1.807, 2.05) is 19.3 Å². The molecule has 2 aromatic rings. The molecule has 0 saturated carbocycles. The molecule has 0 spiro atoms. The zero-order chi connectivity index (χ0) is 14.9. The summed E-state index contributed by atoms with van der Waals surface area (Å²) in [5.41, 5.74) is 0. The average Bonchev–Trinajstić information content (AvgIpc) is 3.14. The van der Waals surface area contributed by atoms with Crippen molar-refractivity contribution in [1.82, 2.24) is 20.2 Å². The Morgan fingerprint density at radius 2 is 2.29 bits per heavy atom. The predicted octanol–water partition coefficient (Wildman–Crippen LogP) is 2.40. The van der Waals surface area contributed by atoms with Crippen LogP contribution in [0.5, 0.6) is 0 Å². The van der Waals surface area contributed by atoms with Gasteiger partial charge in [0.25, 0.3) is 0 Å². The maximum Gasteiger partial charge on any atom is 0.191 e. The lowest BCUT2D eigenvalue weighted by Gasteiger charge is -2.11. The lowest BCUT2D eigenvalue weighted by atomic mass is 10.3. The second-order valence-electron chi connectivity index (χ2n) is 4.81. The molecule has 0 aromatic carbocycles. The van der Waals surface area contributed by atoms with Crippen LogP contribution in [-0.2, 0) is 13.1 Å². The van der Waals surface area contributed by atoms with Crippen LogP contribution in [0.3, 0.4) is 0 Å². The van der Waals surface area contributed by atoms with Crippen molar-refractivity contribution in [3.63, 3.8) is 0 Å². The molecule has 0 unspecified atom stereocenters. The number of hydrogen-bond acceptors (Lipinski definition) is 3. The summed E-state index contributed by atoms with van der Waals surface area (Å²) in [4.78, 5) is 9.77. The first-order chi connectivity index (χ1) is 10.3. The van der Waals surface area contributed by atoms with Gasteiger partial charge in [-0.3, -0.25) is 4.99 Å². The summed E-state index contributed by atoms with van der Waals surface area (Å²) in [7, 11) is 1.80. The highest BCUT2D eigenvalue weighted by Gasteiger charge is 1.99. The molecule has 2 aromatic heterocycles. The zero-order valence-electron chi connectivity index (χ0n) is 12.7. The van der Waals surface area contributed by atoms with E-state index in [-0.39, 0.29) is 0 Å². The topological polar surface area (TPSA) is 54.2 Å². The third kappa shape index (κ3) is 5.23. The van der Waals surface area contributed by atoms with Crippen LogP contribution in [0, 0.1) is 6.92 Å². The molecular weight excluding hydrogens is 282 g/mol. The summed E-state index contributed by atoms with van der Waals surface area (Å²) < 4.78 is 2.18. The van der Waals surface area contributed by atoms with E-state index in [0.29, 0.717) is 0 Å². The quantitative estimate of drug-likeness (QED) is 0.469. The first kappa shape index (κ1) is 15.6. The summed E-state index contributed by atoms with van der Waals surface area (Å²) in [5.74, 6) is 1.94. The molecule has 2 rings (SSSR count). The second kappa shape index (κ2) is 8.46. The van der Waals surface area contributed by atoms with E-state index in [0.717, 1.165) is 44.3 Å². The molecule has 0 fully saturated rings. The van der Waals surface area contributed by atoms with Gasteiger partial charge in [0.1, 0.15) is 5.82 Å². The number of guanidine groups is 1. The Bertz CT molecular complexity index is 544. The van der Waals surface area contributed by atoms with Gasteiger partial charge in [-0.05, 0) is 31.2 Å². The molecule has 2 N–H and O–H groups in total. The van der Waals surface area contributed by atoms with Gasteiger partial charge in [-0.25, -0.2) is 4.98 Å². The number of hydrogen-bond donors (Lipinski definition) is 2. The summed E-state index contributed by atoms with van der Waals surface area (Å²) in [6.07, 6.45) is 6.12. The van der Waals surface area contributed by atoms with Crippen molar-refractivity contribution in [3.8, 4) is 0 Å². The third-order valence-electron chi connectivity index (χ3n) is 3.28. The molecule has 0 amide bonds. The number of imidazole rings is 1. The van der Waals surface area contributed by atoms with Crippen molar-refractivity contribution in [2.24, 2.45) is 4.99 Å². The normalized spacial score (nSPS) is 11.6. The van der Waals surface area contributed by atoms with Crippen molar-refractivity contribution in [2.75, 3.05) is 13.6 Å². The molecule has 0 atom stereocenters. The fourth-order valence-corrected chi connectivity index (χ4v) is 2.70. The molecule has 0 bridgehead atoms. The lowest BCUT2D eigenvalue weighted by molar-refractivity contribution is 0.588. The number of thiophene rings is 1. The number of aliphatic imine (C=N–C) groups is 1. The molecule has 0 radical (unpaired) electrons. The zero-order valence-corrected chi connectivity index (χ0v) is 13.5. The van der Waals surface area contributed by atoms with Gasteiger partial charge in [0.05, 0.1) is 6.54 Å². The number of nitrogens with zero attached hydrogens (tertiary/aromatic N) is 3. The molecule has 0 aliphatic rings. The number of aromatic nitrogens is 2. The van der Waals surface area contributed by atoms with Gasteiger partial charge in [0.2, 0.25) is 0 Å².